The minimum Gasteiger partial charge on any atom is -0.494 e. The van der Waals surface area contributed by atoms with Crippen LogP contribution in [0.3, 0.4) is 0 Å². The Kier molecular flexibility index (Phi) is 6.93. The van der Waals surface area contributed by atoms with E-state index in [1.807, 2.05) is 30.3 Å². The van der Waals surface area contributed by atoms with Crippen LogP contribution in [0, 0.1) is 10.1 Å². The van der Waals surface area contributed by atoms with Crippen molar-refractivity contribution in [3.63, 3.8) is 0 Å². The number of nitrogens with one attached hydrogen (secondary N) is 1. The molecule has 0 fully saturated rings. The Morgan fingerprint density at radius 1 is 1.23 bits per heavy atom. The number of hydrogen-bond acceptors (Lipinski definition) is 7. The van der Waals surface area contributed by atoms with E-state index in [9.17, 15) is 14.9 Å². The van der Waals surface area contributed by atoms with E-state index >= 15 is 0 Å². The van der Waals surface area contributed by atoms with Gasteiger partial charge in [-0.3, -0.25) is 14.9 Å². The van der Waals surface area contributed by atoms with E-state index in [1.165, 1.54) is 25.3 Å². The Balaban J connectivity index is 1.77. The van der Waals surface area contributed by atoms with Gasteiger partial charge in [0.25, 0.3) is 11.6 Å². The number of ether oxygens (including phenoxy) is 2. The van der Waals surface area contributed by atoms with E-state index in [-0.39, 0.29) is 30.3 Å². The number of nitrogens with zero attached hydrogens (tertiary/aromatic N) is 2. The predicted octanol–water partition coefficient (Wildman–Crippen LogP) is 2.62. The van der Waals surface area contributed by atoms with Gasteiger partial charge in [0.2, 0.25) is 0 Å². The van der Waals surface area contributed by atoms with Gasteiger partial charge in [-0.2, -0.15) is 0 Å². The Morgan fingerprint density at radius 3 is 2.69 bits per heavy atom. The topological polar surface area (TPSA) is 112 Å². The van der Waals surface area contributed by atoms with Gasteiger partial charge in [0.1, 0.15) is 24.3 Å². The van der Waals surface area contributed by atoms with Crippen molar-refractivity contribution in [3.05, 3.63) is 58.6 Å². The Hall–Kier alpha value is -3.62. The van der Waals surface area contributed by atoms with Crippen LogP contribution >= 0.6 is 0 Å². The molecule has 9 heteroatoms. The number of anilines is 1. The highest BCUT2D eigenvalue weighted by Crippen LogP contribution is 2.28. The molecule has 0 unspecified atom stereocenters. The number of non-ortho nitro benzene ring substituents is 1. The molecular formula is C17H17N3O6. The summed E-state index contributed by atoms with van der Waals surface area (Å²) in [6, 6.07) is 13.1. The van der Waals surface area contributed by atoms with Crippen molar-refractivity contribution >= 4 is 23.5 Å². The summed E-state index contributed by atoms with van der Waals surface area (Å²) in [7, 11) is 1.35. The lowest BCUT2D eigenvalue weighted by atomic mass is 10.2. The van der Waals surface area contributed by atoms with Gasteiger partial charge in [0, 0.05) is 6.07 Å². The summed E-state index contributed by atoms with van der Waals surface area (Å²) in [6.07, 6.45) is 0.948. The molecule has 0 aliphatic rings. The van der Waals surface area contributed by atoms with E-state index in [1.54, 1.807) is 0 Å². The second-order valence-corrected chi connectivity index (χ2v) is 4.86. The van der Waals surface area contributed by atoms with Gasteiger partial charge < -0.3 is 19.6 Å². The monoisotopic (exact) mass is 359 g/mol. The number of benzene rings is 2. The maximum Gasteiger partial charge on any atom is 0.273 e. The first kappa shape index (κ1) is 18.7. The number of carbonyl (C=O) groups is 1. The van der Waals surface area contributed by atoms with Crippen molar-refractivity contribution in [2.24, 2.45) is 5.16 Å². The molecule has 0 radical (unpaired) electrons. The van der Waals surface area contributed by atoms with Crippen LogP contribution in [0.2, 0.25) is 0 Å². The minimum atomic E-state index is -0.568. The highest BCUT2D eigenvalue weighted by molar-refractivity contribution is 6.31. The number of oxime groups is 1. The number of amides is 1. The van der Waals surface area contributed by atoms with Crippen LogP contribution in [0.4, 0.5) is 11.4 Å². The van der Waals surface area contributed by atoms with Gasteiger partial charge in [0.05, 0.1) is 23.8 Å². The summed E-state index contributed by atoms with van der Waals surface area (Å²) in [5.41, 5.74) is 0.136. The molecule has 1 amide bonds. The normalized spacial score (nSPS) is 10.3. The molecule has 0 heterocycles. The van der Waals surface area contributed by atoms with E-state index in [0.29, 0.717) is 5.75 Å². The molecule has 2 rings (SSSR count). The fraction of sp³-hybridized carbons (Fsp3) is 0.176. The summed E-state index contributed by atoms with van der Waals surface area (Å²) >= 11 is 0. The Morgan fingerprint density at radius 2 is 2.00 bits per heavy atom. The van der Waals surface area contributed by atoms with Crippen LogP contribution < -0.4 is 14.8 Å². The summed E-state index contributed by atoms with van der Waals surface area (Å²) in [6.45, 7) is 0.443. The number of nitro groups is 1. The van der Waals surface area contributed by atoms with E-state index in [0.717, 1.165) is 6.21 Å². The Labute approximate surface area is 149 Å². The molecule has 1 N–H and O–H groups in total. The molecule has 0 aliphatic carbocycles. The highest BCUT2D eigenvalue weighted by atomic mass is 16.6. The van der Waals surface area contributed by atoms with Crippen LogP contribution in [0.15, 0.2) is 53.7 Å². The van der Waals surface area contributed by atoms with Crippen LogP contribution in [0.5, 0.6) is 11.5 Å². The smallest absolute Gasteiger partial charge is 0.273 e. The molecule has 9 nitrogen and oxygen atoms in total. The summed E-state index contributed by atoms with van der Waals surface area (Å²) in [5, 5.41) is 16.8. The molecule has 2 aromatic rings. The lowest BCUT2D eigenvalue weighted by Gasteiger charge is -2.08. The van der Waals surface area contributed by atoms with Gasteiger partial charge in [-0.15, -0.1) is 0 Å². The first-order chi connectivity index (χ1) is 12.6. The summed E-state index contributed by atoms with van der Waals surface area (Å²) in [4.78, 5) is 26.9. The molecule has 0 bridgehead atoms. The van der Waals surface area contributed by atoms with E-state index in [4.69, 9.17) is 14.3 Å². The van der Waals surface area contributed by atoms with Gasteiger partial charge in [-0.1, -0.05) is 23.4 Å². The van der Waals surface area contributed by atoms with Crippen LogP contribution in [-0.4, -0.2) is 37.4 Å². The number of carbonyl (C=O) groups excluding carboxylic acids is 1. The van der Waals surface area contributed by atoms with Gasteiger partial charge in [-0.05, 0) is 18.2 Å². The largest absolute Gasteiger partial charge is 0.494 e. The van der Waals surface area contributed by atoms with E-state index < -0.39 is 10.8 Å². The first-order valence-corrected chi connectivity index (χ1v) is 7.56. The maximum atomic E-state index is 11.8. The molecule has 0 saturated carbocycles. The zero-order valence-corrected chi connectivity index (χ0v) is 14.0. The second kappa shape index (κ2) is 9.62. The molecule has 2 aromatic carbocycles. The van der Waals surface area contributed by atoms with E-state index in [2.05, 4.69) is 10.5 Å². The molecular weight excluding hydrogens is 342 g/mol. The van der Waals surface area contributed by atoms with Crippen LogP contribution in [-0.2, 0) is 9.63 Å². The number of para-hydroxylation sites is 1. The summed E-state index contributed by atoms with van der Waals surface area (Å²) < 4.78 is 10.4. The lowest BCUT2D eigenvalue weighted by molar-refractivity contribution is -0.384. The number of nitro benzene ring substituents is 1. The highest BCUT2D eigenvalue weighted by Gasteiger charge is 2.12. The zero-order chi connectivity index (χ0) is 18.8. The molecule has 136 valence electrons. The average Bonchev–Trinajstić information content (AvgIpc) is 2.65. The number of rotatable bonds is 9. The quantitative estimate of drug-likeness (QED) is 0.319. The second-order valence-electron chi connectivity index (χ2n) is 4.86. The third-order valence-electron chi connectivity index (χ3n) is 3.08. The Bertz CT molecular complexity index is 779. The van der Waals surface area contributed by atoms with Crippen molar-refractivity contribution in [1.29, 1.82) is 0 Å². The minimum absolute atomic E-state index is 0.143. The molecule has 0 spiro atoms. The fourth-order valence-electron chi connectivity index (χ4n) is 1.91. The van der Waals surface area contributed by atoms with Gasteiger partial charge >= 0.3 is 0 Å². The molecule has 0 atom stereocenters. The average molecular weight is 359 g/mol. The molecule has 0 saturated heterocycles. The van der Waals surface area contributed by atoms with Crippen molar-refractivity contribution in [2.75, 3.05) is 25.6 Å². The molecule has 26 heavy (non-hydrogen) atoms. The predicted molar refractivity (Wildman–Crippen MR) is 94.7 cm³/mol. The van der Waals surface area contributed by atoms with Crippen molar-refractivity contribution in [2.45, 2.75) is 0 Å². The lowest BCUT2D eigenvalue weighted by Crippen LogP contribution is -2.14. The van der Waals surface area contributed by atoms with Crippen molar-refractivity contribution in [3.8, 4) is 11.5 Å². The molecule has 0 aliphatic heterocycles. The SMILES string of the molecule is COc1cc([N+](=O)[O-])ccc1NC(=O)/C=N\OCCOc1ccccc1. The van der Waals surface area contributed by atoms with Gasteiger partial charge in [-0.25, -0.2) is 0 Å². The van der Waals surface area contributed by atoms with Crippen LogP contribution in [0.1, 0.15) is 0 Å². The summed E-state index contributed by atoms with van der Waals surface area (Å²) in [5.74, 6) is 0.308. The first-order valence-electron chi connectivity index (χ1n) is 7.56. The third kappa shape index (κ3) is 5.78. The maximum absolute atomic E-state index is 11.8. The standard InChI is InChI=1S/C17H17N3O6/c1-24-16-11-13(20(22)23)7-8-15(16)19-17(21)12-18-26-10-9-25-14-5-3-2-4-6-14/h2-8,11-12H,9-10H2,1H3,(H,19,21)/b18-12-. The van der Waals surface area contributed by atoms with Gasteiger partial charge in [0.15, 0.2) is 6.61 Å². The molecule has 0 aromatic heterocycles. The van der Waals surface area contributed by atoms with Crippen LogP contribution in [0.25, 0.3) is 0 Å². The van der Waals surface area contributed by atoms with Crippen molar-refractivity contribution in [1.82, 2.24) is 0 Å². The third-order valence-corrected chi connectivity index (χ3v) is 3.08. The number of hydrogen-bond donors (Lipinski definition) is 1. The number of methoxy groups -OCH3 is 1. The van der Waals surface area contributed by atoms with Crippen molar-refractivity contribution < 1.29 is 24.0 Å². The zero-order valence-electron chi connectivity index (χ0n) is 14.0. The fourth-order valence-corrected chi connectivity index (χ4v) is 1.91.